The summed E-state index contributed by atoms with van der Waals surface area (Å²) in [6, 6.07) is 13.6. The fourth-order valence-corrected chi connectivity index (χ4v) is 2.77. The Bertz CT molecular complexity index is 859. The maximum Gasteiger partial charge on any atom is 0.409 e. The van der Waals surface area contributed by atoms with Gasteiger partial charge < -0.3 is 10.1 Å². The number of benzene rings is 2. The molecule has 1 aliphatic rings. The highest BCUT2D eigenvalue weighted by atomic mass is 35.5. The molecule has 0 spiro atoms. The molecular weight excluding hydrogens is 395 g/mol. The largest absolute Gasteiger partial charge is 0.468 e. The molecule has 1 aliphatic heterocycles. The van der Waals surface area contributed by atoms with Crippen molar-refractivity contribution in [3.05, 3.63) is 77.1 Å². The fraction of sp³-hybridized carbons (Fsp3) is 0.211. The van der Waals surface area contributed by atoms with Gasteiger partial charge in [-0.25, -0.2) is 10.4 Å². The maximum absolute atomic E-state index is 13.1. The maximum atomic E-state index is 13.1. The number of carbonyl (C=O) groups excluding carboxylic acids is 1. The van der Waals surface area contributed by atoms with Crippen LogP contribution in [0.3, 0.4) is 0 Å². The molecule has 2 aromatic carbocycles. The van der Waals surface area contributed by atoms with E-state index in [4.69, 9.17) is 16.3 Å². The molecule has 1 atom stereocenters. The van der Waals surface area contributed by atoms with Gasteiger partial charge in [0.2, 0.25) is 5.88 Å². The van der Waals surface area contributed by atoms with Gasteiger partial charge in [0.15, 0.2) is 6.61 Å². The van der Waals surface area contributed by atoms with E-state index in [1.807, 2.05) is 30.3 Å². The third-order valence-corrected chi connectivity index (χ3v) is 4.25. The van der Waals surface area contributed by atoms with Gasteiger partial charge >= 0.3 is 6.18 Å². The number of rotatable bonds is 6. The lowest BCUT2D eigenvalue weighted by atomic mass is 10.2. The lowest BCUT2D eigenvalue weighted by molar-refractivity contribution is -0.142. The van der Waals surface area contributed by atoms with Gasteiger partial charge in [-0.3, -0.25) is 4.79 Å². The monoisotopic (exact) mass is 411 g/mol. The summed E-state index contributed by atoms with van der Waals surface area (Å²) in [4.78, 5) is 12.0. The summed E-state index contributed by atoms with van der Waals surface area (Å²) in [7, 11) is 0. The standard InChI is InChI=1S/C19H17ClF3N3O2/c20-14-8-4-5-9-15(14)26-18(10-16(25-26)19(21,22)23)28-12-17(27)24-11-13-6-2-1-3-7-13/h1-10,16,25H,11-12H2,(H,24,27). The van der Waals surface area contributed by atoms with Crippen LogP contribution in [0.2, 0.25) is 5.02 Å². The molecule has 9 heteroatoms. The lowest BCUT2D eigenvalue weighted by Crippen LogP contribution is -2.45. The molecule has 0 saturated heterocycles. The quantitative estimate of drug-likeness (QED) is 0.759. The van der Waals surface area contributed by atoms with Crippen molar-refractivity contribution in [3.8, 4) is 0 Å². The number of ether oxygens (including phenoxy) is 1. The van der Waals surface area contributed by atoms with Crippen LogP contribution >= 0.6 is 11.6 Å². The molecule has 0 fully saturated rings. The summed E-state index contributed by atoms with van der Waals surface area (Å²) >= 11 is 6.09. The highest BCUT2D eigenvalue weighted by Gasteiger charge is 2.44. The summed E-state index contributed by atoms with van der Waals surface area (Å²) in [6.07, 6.45) is -3.66. The molecular formula is C19H17ClF3N3O2. The van der Waals surface area contributed by atoms with Crippen molar-refractivity contribution in [2.45, 2.75) is 18.8 Å². The SMILES string of the molecule is O=C(COC1=CC(C(F)(F)F)NN1c1ccccc1Cl)NCc1ccccc1. The van der Waals surface area contributed by atoms with E-state index in [9.17, 15) is 18.0 Å². The van der Waals surface area contributed by atoms with Crippen molar-refractivity contribution in [1.29, 1.82) is 0 Å². The second kappa shape index (κ2) is 8.53. The fourth-order valence-electron chi connectivity index (χ4n) is 2.55. The number of hydrogen-bond acceptors (Lipinski definition) is 4. The highest BCUT2D eigenvalue weighted by Crippen LogP contribution is 2.33. The van der Waals surface area contributed by atoms with E-state index in [2.05, 4.69) is 10.7 Å². The molecule has 1 unspecified atom stereocenters. The molecule has 2 N–H and O–H groups in total. The minimum Gasteiger partial charge on any atom is -0.468 e. The molecule has 2 aromatic rings. The van der Waals surface area contributed by atoms with E-state index in [0.29, 0.717) is 6.54 Å². The van der Waals surface area contributed by atoms with E-state index in [-0.39, 0.29) is 16.6 Å². The number of para-hydroxylation sites is 1. The Morgan fingerprint density at radius 3 is 2.50 bits per heavy atom. The number of hydrazine groups is 1. The predicted molar refractivity (Wildman–Crippen MR) is 99.2 cm³/mol. The number of anilines is 1. The summed E-state index contributed by atoms with van der Waals surface area (Å²) < 4.78 is 44.7. The van der Waals surface area contributed by atoms with E-state index < -0.39 is 24.7 Å². The van der Waals surface area contributed by atoms with Crippen LogP contribution in [0.4, 0.5) is 18.9 Å². The van der Waals surface area contributed by atoms with Crippen LogP contribution in [0.25, 0.3) is 0 Å². The van der Waals surface area contributed by atoms with Gasteiger partial charge in [0, 0.05) is 12.6 Å². The summed E-state index contributed by atoms with van der Waals surface area (Å²) in [5.74, 6) is -0.607. The van der Waals surface area contributed by atoms with Crippen LogP contribution in [-0.2, 0) is 16.1 Å². The Kier molecular flexibility index (Phi) is 6.11. The van der Waals surface area contributed by atoms with Crippen LogP contribution < -0.4 is 15.8 Å². The normalized spacial score (nSPS) is 16.6. The van der Waals surface area contributed by atoms with Crippen LogP contribution in [-0.4, -0.2) is 24.7 Å². The summed E-state index contributed by atoms with van der Waals surface area (Å²) in [5, 5.41) is 3.98. The zero-order chi connectivity index (χ0) is 20.1. The Balaban J connectivity index is 1.66. The first kappa shape index (κ1) is 20.0. The van der Waals surface area contributed by atoms with E-state index in [1.165, 1.54) is 0 Å². The number of carbonyl (C=O) groups is 1. The number of nitrogens with zero attached hydrogens (tertiary/aromatic N) is 1. The molecule has 5 nitrogen and oxygen atoms in total. The van der Waals surface area contributed by atoms with E-state index in [0.717, 1.165) is 16.6 Å². The van der Waals surface area contributed by atoms with Gasteiger partial charge in [0.25, 0.3) is 5.91 Å². The average molecular weight is 412 g/mol. The minimum absolute atomic E-state index is 0.148. The van der Waals surface area contributed by atoms with Crippen molar-refractivity contribution in [3.63, 3.8) is 0 Å². The first-order valence-electron chi connectivity index (χ1n) is 8.37. The molecule has 0 saturated carbocycles. The van der Waals surface area contributed by atoms with Gasteiger partial charge in [0.1, 0.15) is 6.04 Å². The molecule has 0 aliphatic carbocycles. The van der Waals surface area contributed by atoms with Gasteiger partial charge in [-0.1, -0.05) is 54.1 Å². The smallest absolute Gasteiger partial charge is 0.409 e. The van der Waals surface area contributed by atoms with Crippen molar-refractivity contribution >= 4 is 23.2 Å². The molecule has 148 valence electrons. The number of amides is 1. The topological polar surface area (TPSA) is 53.6 Å². The second-order valence-electron chi connectivity index (χ2n) is 5.99. The minimum atomic E-state index is -4.53. The number of nitrogens with one attached hydrogen (secondary N) is 2. The van der Waals surface area contributed by atoms with Crippen molar-refractivity contribution in [2.75, 3.05) is 11.6 Å². The number of halogens is 4. The second-order valence-corrected chi connectivity index (χ2v) is 6.40. The third-order valence-electron chi connectivity index (χ3n) is 3.93. The number of alkyl halides is 3. The Hall–Kier alpha value is -2.71. The molecule has 28 heavy (non-hydrogen) atoms. The molecule has 3 rings (SSSR count). The van der Waals surface area contributed by atoms with Gasteiger partial charge in [0.05, 0.1) is 10.7 Å². The van der Waals surface area contributed by atoms with E-state index >= 15 is 0 Å². The Morgan fingerprint density at radius 2 is 1.82 bits per heavy atom. The predicted octanol–water partition coefficient (Wildman–Crippen LogP) is 3.77. The Morgan fingerprint density at radius 1 is 1.14 bits per heavy atom. The average Bonchev–Trinajstić information content (AvgIpc) is 3.10. The third kappa shape index (κ3) is 4.96. The van der Waals surface area contributed by atoms with Crippen LogP contribution in [0.15, 0.2) is 66.6 Å². The van der Waals surface area contributed by atoms with Gasteiger partial charge in [-0.15, -0.1) is 0 Å². The van der Waals surface area contributed by atoms with Crippen molar-refractivity contribution < 1.29 is 22.7 Å². The number of hydrogen-bond donors (Lipinski definition) is 2. The highest BCUT2D eigenvalue weighted by molar-refractivity contribution is 6.33. The van der Waals surface area contributed by atoms with E-state index in [1.54, 1.807) is 24.3 Å². The van der Waals surface area contributed by atoms with Crippen molar-refractivity contribution in [2.24, 2.45) is 0 Å². The zero-order valence-corrected chi connectivity index (χ0v) is 15.3. The summed E-state index contributed by atoms with van der Waals surface area (Å²) in [5.41, 5.74) is 3.47. The molecule has 0 bridgehead atoms. The molecule has 1 heterocycles. The van der Waals surface area contributed by atoms with Crippen molar-refractivity contribution in [1.82, 2.24) is 10.7 Å². The van der Waals surface area contributed by atoms with Gasteiger partial charge in [-0.05, 0) is 17.7 Å². The van der Waals surface area contributed by atoms with Crippen LogP contribution in [0.5, 0.6) is 0 Å². The lowest BCUT2D eigenvalue weighted by Gasteiger charge is -2.25. The first-order chi connectivity index (χ1) is 13.3. The zero-order valence-electron chi connectivity index (χ0n) is 14.5. The van der Waals surface area contributed by atoms with Crippen LogP contribution in [0, 0.1) is 0 Å². The molecule has 0 aromatic heterocycles. The Labute approximate surface area is 164 Å². The summed E-state index contributed by atoms with van der Waals surface area (Å²) in [6.45, 7) is -0.147. The first-order valence-corrected chi connectivity index (χ1v) is 8.75. The van der Waals surface area contributed by atoms with Gasteiger partial charge in [-0.2, -0.15) is 13.2 Å². The van der Waals surface area contributed by atoms with Crippen LogP contribution in [0.1, 0.15) is 5.56 Å². The molecule has 0 radical (unpaired) electrons. The molecule has 1 amide bonds.